The zero-order valence-corrected chi connectivity index (χ0v) is 12.1. The Hall–Kier alpha value is -1.27. The Balaban J connectivity index is 2.30. The molecule has 0 fully saturated rings. The number of para-hydroxylation sites is 1. The number of thioether (sulfide) groups is 1. The van der Waals surface area contributed by atoms with Gasteiger partial charge >= 0.3 is 0 Å². The van der Waals surface area contributed by atoms with Gasteiger partial charge in [-0.3, -0.25) is 0 Å². The molecule has 19 heavy (non-hydrogen) atoms. The van der Waals surface area contributed by atoms with E-state index >= 15 is 0 Å². The molecule has 2 aromatic rings. The van der Waals surface area contributed by atoms with Crippen molar-refractivity contribution in [2.45, 2.75) is 10.7 Å². The molecule has 0 aliphatic heterocycles. The molecule has 0 heterocycles. The maximum absolute atomic E-state index is 12.5. The molecular formula is C13H11BrF2N2S. The van der Waals surface area contributed by atoms with Crippen LogP contribution in [-0.4, -0.2) is 5.76 Å². The van der Waals surface area contributed by atoms with Crippen LogP contribution >= 0.6 is 27.7 Å². The second-order valence-corrected chi connectivity index (χ2v) is 5.68. The van der Waals surface area contributed by atoms with Gasteiger partial charge in [0.05, 0.1) is 17.1 Å². The molecule has 0 aliphatic carbocycles. The van der Waals surface area contributed by atoms with Gasteiger partial charge in [0, 0.05) is 9.37 Å². The molecular weight excluding hydrogens is 334 g/mol. The number of alkyl halides is 2. The third kappa shape index (κ3) is 3.84. The summed E-state index contributed by atoms with van der Waals surface area (Å²) in [5.74, 6) is -2.46. The largest absolute Gasteiger partial charge is 0.397 e. The van der Waals surface area contributed by atoms with Crippen LogP contribution in [0.15, 0.2) is 51.8 Å². The number of nitrogens with two attached hydrogens (primary N) is 1. The highest BCUT2D eigenvalue weighted by Gasteiger charge is 2.10. The Morgan fingerprint density at radius 2 is 1.84 bits per heavy atom. The van der Waals surface area contributed by atoms with Crippen LogP contribution < -0.4 is 11.1 Å². The third-order valence-electron chi connectivity index (χ3n) is 2.39. The van der Waals surface area contributed by atoms with Crippen molar-refractivity contribution in [1.29, 1.82) is 0 Å². The Morgan fingerprint density at radius 1 is 1.11 bits per heavy atom. The normalized spacial score (nSPS) is 10.7. The molecule has 0 amide bonds. The van der Waals surface area contributed by atoms with Gasteiger partial charge in [-0.05, 0) is 30.3 Å². The highest BCUT2D eigenvalue weighted by molar-refractivity contribution is 9.10. The van der Waals surface area contributed by atoms with Crippen molar-refractivity contribution in [1.82, 2.24) is 0 Å². The minimum absolute atomic E-state index is 0.483. The molecule has 100 valence electrons. The molecule has 0 spiro atoms. The summed E-state index contributed by atoms with van der Waals surface area (Å²) in [6.07, 6.45) is 0. The zero-order chi connectivity index (χ0) is 13.8. The van der Waals surface area contributed by atoms with E-state index < -0.39 is 5.76 Å². The van der Waals surface area contributed by atoms with Gasteiger partial charge < -0.3 is 11.1 Å². The second kappa shape index (κ2) is 6.25. The summed E-state index contributed by atoms with van der Waals surface area (Å²) in [5.41, 5.74) is 7.69. The fraction of sp³-hybridized carbons (Fsp3) is 0.0769. The highest BCUT2D eigenvalue weighted by Crippen LogP contribution is 2.35. The minimum Gasteiger partial charge on any atom is -0.397 e. The number of hydrogen-bond acceptors (Lipinski definition) is 3. The molecule has 0 saturated carbocycles. The minimum atomic E-state index is -2.46. The summed E-state index contributed by atoms with van der Waals surface area (Å²) in [7, 11) is 0. The first-order valence-corrected chi connectivity index (χ1v) is 7.09. The maximum atomic E-state index is 12.5. The van der Waals surface area contributed by atoms with Gasteiger partial charge in [0.2, 0.25) is 0 Å². The highest BCUT2D eigenvalue weighted by atomic mass is 79.9. The van der Waals surface area contributed by atoms with Crippen molar-refractivity contribution in [3.05, 3.63) is 46.9 Å². The van der Waals surface area contributed by atoms with E-state index in [4.69, 9.17) is 5.73 Å². The van der Waals surface area contributed by atoms with Gasteiger partial charge in [0.1, 0.15) is 0 Å². The zero-order valence-electron chi connectivity index (χ0n) is 9.74. The van der Waals surface area contributed by atoms with Crippen LogP contribution in [0, 0.1) is 0 Å². The van der Waals surface area contributed by atoms with Crippen LogP contribution in [0.2, 0.25) is 0 Å². The van der Waals surface area contributed by atoms with Crippen LogP contribution in [-0.2, 0) is 0 Å². The van der Waals surface area contributed by atoms with Gasteiger partial charge in [0.25, 0.3) is 5.76 Å². The lowest BCUT2D eigenvalue weighted by molar-refractivity contribution is 0.252. The van der Waals surface area contributed by atoms with Crippen molar-refractivity contribution >= 4 is 44.8 Å². The van der Waals surface area contributed by atoms with E-state index in [1.54, 1.807) is 36.4 Å². The van der Waals surface area contributed by atoms with Crippen LogP contribution in [0.4, 0.5) is 25.8 Å². The molecule has 0 unspecified atom stereocenters. The number of benzene rings is 2. The molecule has 2 rings (SSSR count). The number of anilines is 3. The maximum Gasteiger partial charge on any atom is 0.288 e. The average molecular weight is 345 g/mol. The van der Waals surface area contributed by atoms with Crippen molar-refractivity contribution in [2.75, 3.05) is 11.1 Å². The van der Waals surface area contributed by atoms with Crippen LogP contribution in [0.25, 0.3) is 0 Å². The van der Waals surface area contributed by atoms with E-state index in [0.29, 0.717) is 33.7 Å². The molecule has 0 radical (unpaired) electrons. The first kappa shape index (κ1) is 14.1. The molecule has 0 atom stereocenters. The number of nitrogens with one attached hydrogen (secondary N) is 1. The Bertz CT molecular complexity index is 578. The quantitative estimate of drug-likeness (QED) is 0.599. The lowest BCUT2D eigenvalue weighted by atomic mass is 10.2. The Kier molecular flexibility index (Phi) is 4.66. The van der Waals surface area contributed by atoms with Gasteiger partial charge in [-0.2, -0.15) is 8.78 Å². The second-order valence-electron chi connectivity index (χ2n) is 3.73. The summed E-state index contributed by atoms with van der Waals surface area (Å²) in [5, 5.41) is 3.08. The van der Waals surface area contributed by atoms with E-state index in [2.05, 4.69) is 21.2 Å². The van der Waals surface area contributed by atoms with E-state index in [1.807, 2.05) is 6.07 Å². The van der Waals surface area contributed by atoms with E-state index in [1.165, 1.54) is 0 Å². The summed E-state index contributed by atoms with van der Waals surface area (Å²) >= 11 is 3.85. The van der Waals surface area contributed by atoms with Crippen LogP contribution in [0.3, 0.4) is 0 Å². The van der Waals surface area contributed by atoms with E-state index in [0.717, 1.165) is 4.47 Å². The van der Waals surface area contributed by atoms with E-state index in [-0.39, 0.29) is 0 Å². The molecule has 2 aromatic carbocycles. The summed E-state index contributed by atoms with van der Waals surface area (Å²) in [6, 6.07) is 12.3. The number of hydrogen-bond donors (Lipinski definition) is 2. The van der Waals surface area contributed by atoms with Crippen molar-refractivity contribution in [3.63, 3.8) is 0 Å². The van der Waals surface area contributed by atoms with Gasteiger partial charge in [-0.1, -0.05) is 39.8 Å². The van der Waals surface area contributed by atoms with Crippen LogP contribution in [0.1, 0.15) is 0 Å². The SMILES string of the molecule is Nc1ccc(Br)cc1Nc1ccccc1SC(F)F. The van der Waals surface area contributed by atoms with Gasteiger partial charge in [-0.15, -0.1) is 0 Å². The van der Waals surface area contributed by atoms with Crippen molar-refractivity contribution < 1.29 is 8.78 Å². The fourth-order valence-electron chi connectivity index (χ4n) is 1.55. The monoisotopic (exact) mass is 344 g/mol. The van der Waals surface area contributed by atoms with Crippen molar-refractivity contribution in [3.8, 4) is 0 Å². The fourth-order valence-corrected chi connectivity index (χ4v) is 2.51. The predicted octanol–water partition coefficient (Wildman–Crippen LogP) is 5.09. The Labute approximate surface area is 122 Å². The van der Waals surface area contributed by atoms with Gasteiger partial charge in [-0.25, -0.2) is 0 Å². The lowest BCUT2D eigenvalue weighted by Gasteiger charge is -2.13. The summed E-state index contributed by atoms with van der Waals surface area (Å²) < 4.78 is 25.8. The lowest BCUT2D eigenvalue weighted by Crippen LogP contribution is -1.98. The molecule has 0 aliphatic rings. The molecule has 2 nitrogen and oxygen atoms in total. The first-order valence-electron chi connectivity index (χ1n) is 5.42. The topological polar surface area (TPSA) is 38.0 Å². The molecule has 0 bridgehead atoms. The smallest absolute Gasteiger partial charge is 0.288 e. The number of halogens is 3. The summed E-state index contributed by atoms with van der Waals surface area (Å²) in [6.45, 7) is 0. The first-order chi connectivity index (χ1) is 9.06. The van der Waals surface area contributed by atoms with Gasteiger partial charge in [0.15, 0.2) is 0 Å². The molecule has 0 saturated heterocycles. The van der Waals surface area contributed by atoms with Crippen LogP contribution in [0.5, 0.6) is 0 Å². The van der Waals surface area contributed by atoms with E-state index in [9.17, 15) is 8.78 Å². The predicted molar refractivity (Wildman–Crippen MR) is 80.1 cm³/mol. The summed E-state index contributed by atoms with van der Waals surface area (Å²) in [4.78, 5) is 0.483. The number of rotatable bonds is 4. The molecule has 0 aromatic heterocycles. The van der Waals surface area contributed by atoms with Crippen molar-refractivity contribution in [2.24, 2.45) is 0 Å². The molecule has 6 heteroatoms. The average Bonchev–Trinajstić information content (AvgIpc) is 2.35. The Morgan fingerprint density at radius 3 is 2.58 bits per heavy atom. The standard InChI is InChI=1S/C13H11BrF2N2S/c14-8-5-6-9(17)11(7-8)18-10-3-1-2-4-12(10)19-13(15)16/h1-7,13,18H,17H2. The third-order valence-corrected chi connectivity index (χ3v) is 3.67. The number of nitrogen functional groups attached to an aromatic ring is 1. The molecule has 3 N–H and O–H groups in total.